The van der Waals surface area contributed by atoms with Gasteiger partial charge in [0.1, 0.15) is 0 Å². The predicted octanol–water partition coefficient (Wildman–Crippen LogP) is 1.22. The SMILES string of the molecule is CC(C#N)CNCC(C)N(C)C1CC1. The van der Waals surface area contributed by atoms with Gasteiger partial charge in [0.15, 0.2) is 0 Å². The molecule has 3 nitrogen and oxygen atoms in total. The Hall–Kier alpha value is -0.590. The molecule has 0 radical (unpaired) electrons. The van der Waals surface area contributed by atoms with Crippen LogP contribution in [0.1, 0.15) is 26.7 Å². The molecule has 2 atom stereocenters. The predicted molar refractivity (Wildman–Crippen MR) is 57.9 cm³/mol. The zero-order valence-electron chi connectivity index (χ0n) is 9.45. The third kappa shape index (κ3) is 3.65. The second kappa shape index (κ2) is 5.33. The lowest BCUT2D eigenvalue weighted by Gasteiger charge is -2.24. The number of rotatable bonds is 6. The summed E-state index contributed by atoms with van der Waals surface area (Å²) in [5.74, 6) is 0.119. The Balaban J connectivity index is 2.08. The van der Waals surface area contributed by atoms with Gasteiger partial charge in [0.2, 0.25) is 0 Å². The molecule has 0 saturated heterocycles. The zero-order valence-corrected chi connectivity index (χ0v) is 9.45. The van der Waals surface area contributed by atoms with Crippen molar-refractivity contribution in [2.24, 2.45) is 5.92 Å². The van der Waals surface area contributed by atoms with E-state index in [2.05, 4.69) is 30.3 Å². The fourth-order valence-electron chi connectivity index (χ4n) is 1.54. The monoisotopic (exact) mass is 195 g/mol. The molecular formula is C11H21N3. The maximum atomic E-state index is 8.61. The van der Waals surface area contributed by atoms with Crippen molar-refractivity contribution < 1.29 is 0 Å². The van der Waals surface area contributed by atoms with Crippen LogP contribution in [0.4, 0.5) is 0 Å². The molecule has 1 rings (SSSR count). The van der Waals surface area contributed by atoms with Crippen LogP contribution in [0.3, 0.4) is 0 Å². The van der Waals surface area contributed by atoms with Gasteiger partial charge in [-0.25, -0.2) is 0 Å². The molecule has 2 unspecified atom stereocenters. The van der Waals surface area contributed by atoms with Gasteiger partial charge in [-0.2, -0.15) is 5.26 Å². The van der Waals surface area contributed by atoms with E-state index in [1.54, 1.807) is 0 Å². The Morgan fingerprint density at radius 1 is 1.43 bits per heavy atom. The maximum Gasteiger partial charge on any atom is 0.0666 e. The topological polar surface area (TPSA) is 39.1 Å². The van der Waals surface area contributed by atoms with Crippen molar-refractivity contribution in [3.63, 3.8) is 0 Å². The molecule has 0 aromatic carbocycles. The molecule has 1 saturated carbocycles. The van der Waals surface area contributed by atoms with Gasteiger partial charge >= 0.3 is 0 Å². The van der Waals surface area contributed by atoms with E-state index in [4.69, 9.17) is 5.26 Å². The summed E-state index contributed by atoms with van der Waals surface area (Å²) in [4.78, 5) is 2.43. The molecule has 14 heavy (non-hydrogen) atoms. The lowest BCUT2D eigenvalue weighted by molar-refractivity contribution is 0.240. The molecule has 1 aliphatic carbocycles. The number of hydrogen-bond donors (Lipinski definition) is 1. The first-order chi connectivity index (χ1) is 6.65. The summed E-state index contributed by atoms with van der Waals surface area (Å²) < 4.78 is 0. The summed E-state index contributed by atoms with van der Waals surface area (Å²) in [5.41, 5.74) is 0. The summed E-state index contributed by atoms with van der Waals surface area (Å²) >= 11 is 0. The third-order valence-electron chi connectivity index (χ3n) is 2.93. The standard InChI is InChI=1S/C11H21N3/c1-9(6-12)7-13-8-10(2)14(3)11-4-5-11/h9-11,13H,4-5,7-8H2,1-3H3. The van der Waals surface area contributed by atoms with Gasteiger partial charge in [-0.05, 0) is 33.7 Å². The van der Waals surface area contributed by atoms with Gasteiger partial charge in [-0.15, -0.1) is 0 Å². The average molecular weight is 195 g/mol. The molecule has 0 amide bonds. The normalized spacial score (nSPS) is 20.5. The molecule has 0 spiro atoms. The van der Waals surface area contributed by atoms with Gasteiger partial charge in [-0.1, -0.05) is 0 Å². The summed E-state index contributed by atoms with van der Waals surface area (Å²) in [6.45, 7) is 5.98. The van der Waals surface area contributed by atoms with E-state index >= 15 is 0 Å². The molecule has 80 valence electrons. The fraction of sp³-hybridized carbons (Fsp3) is 0.909. The van der Waals surface area contributed by atoms with Crippen LogP contribution in [-0.2, 0) is 0 Å². The van der Waals surface area contributed by atoms with E-state index in [0.29, 0.717) is 6.04 Å². The van der Waals surface area contributed by atoms with Crippen LogP contribution in [0.5, 0.6) is 0 Å². The molecule has 1 aliphatic rings. The lowest BCUT2D eigenvalue weighted by Crippen LogP contribution is -2.40. The van der Waals surface area contributed by atoms with E-state index < -0.39 is 0 Å². The van der Waals surface area contributed by atoms with Crippen molar-refractivity contribution in [1.29, 1.82) is 5.26 Å². The van der Waals surface area contributed by atoms with E-state index in [-0.39, 0.29) is 5.92 Å². The highest BCUT2D eigenvalue weighted by atomic mass is 15.2. The minimum absolute atomic E-state index is 0.119. The molecule has 0 heterocycles. The smallest absolute Gasteiger partial charge is 0.0666 e. The Morgan fingerprint density at radius 2 is 2.07 bits per heavy atom. The summed E-state index contributed by atoms with van der Waals surface area (Å²) in [6, 6.07) is 3.62. The van der Waals surface area contributed by atoms with Gasteiger partial charge in [0, 0.05) is 25.2 Å². The zero-order chi connectivity index (χ0) is 10.6. The van der Waals surface area contributed by atoms with Crippen molar-refractivity contribution in [2.45, 2.75) is 38.8 Å². The first-order valence-electron chi connectivity index (χ1n) is 5.47. The van der Waals surface area contributed by atoms with E-state index in [0.717, 1.165) is 19.1 Å². The lowest BCUT2D eigenvalue weighted by atomic mass is 10.2. The first kappa shape index (κ1) is 11.5. The van der Waals surface area contributed by atoms with Crippen LogP contribution in [0.2, 0.25) is 0 Å². The second-order valence-electron chi connectivity index (χ2n) is 4.43. The highest BCUT2D eigenvalue weighted by Gasteiger charge is 2.28. The number of nitrogens with one attached hydrogen (secondary N) is 1. The minimum atomic E-state index is 0.119. The first-order valence-corrected chi connectivity index (χ1v) is 5.47. The van der Waals surface area contributed by atoms with Crippen molar-refractivity contribution in [3.05, 3.63) is 0 Å². The van der Waals surface area contributed by atoms with E-state index in [1.807, 2.05) is 6.92 Å². The molecule has 0 aliphatic heterocycles. The molecule has 0 aromatic heterocycles. The number of nitriles is 1. The van der Waals surface area contributed by atoms with Crippen LogP contribution in [0, 0.1) is 17.2 Å². The van der Waals surface area contributed by atoms with Gasteiger partial charge < -0.3 is 5.32 Å². The van der Waals surface area contributed by atoms with Crippen LogP contribution < -0.4 is 5.32 Å². The highest BCUT2D eigenvalue weighted by molar-refractivity contribution is 4.86. The van der Waals surface area contributed by atoms with Gasteiger partial charge in [-0.3, -0.25) is 4.90 Å². The van der Waals surface area contributed by atoms with Gasteiger partial charge in [0.25, 0.3) is 0 Å². The molecule has 1 fully saturated rings. The largest absolute Gasteiger partial charge is 0.314 e. The molecule has 1 N–H and O–H groups in total. The average Bonchev–Trinajstić information content (AvgIpc) is 2.99. The van der Waals surface area contributed by atoms with E-state index in [9.17, 15) is 0 Å². The Labute approximate surface area is 87.1 Å². The van der Waals surface area contributed by atoms with Crippen LogP contribution in [0.15, 0.2) is 0 Å². The Morgan fingerprint density at radius 3 is 2.57 bits per heavy atom. The summed E-state index contributed by atoms with van der Waals surface area (Å²) in [6.07, 6.45) is 2.71. The van der Waals surface area contributed by atoms with Gasteiger partial charge in [0.05, 0.1) is 12.0 Å². The molecule has 0 bridgehead atoms. The third-order valence-corrected chi connectivity index (χ3v) is 2.93. The van der Waals surface area contributed by atoms with Crippen molar-refractivity contribution in [1.82, 2.24) is 10.2 Å². The van der Waals surface area contributed by atoms with Crippen LogP contribution in [-0.4, -0.2) is 37.1 Å². The Bertz CT molecular complexity index is 205. The quantitative estimate of drug-likeness (QED) is 0.692. The highest BCUT2D eigenvalue weighted by Crippen LogP contribution is 2.26. The molecule has 3 heteroatoms. The second-order valence-corrected chi connectivity index (χ2v) is 4.43. The van der Waals surface area contributed by atoms with Crippen LogP contribution >= 0.6 is 0 Å². The van der Waals surface area contributed by atoms with Crippen molar-refractivity contribution >= 4 is 0 Å². The molecular weight excluding hydrogens is 174 g/mol. The van der Waals surface area contributed by atoms with E-state index in [1.165, 1.54) is 12.8 Å². The number of likely N-dealkylation sites (N-methyl/N-ethyl adjacent to an activating group) is 1. The molecule has 0 aromatic rings. The number of hydrogen-bond acceptors (Lipinski definition) is 3. The number of nitrogens with zero attached hydrogens (tertiary/aromatic N) is 2. The Kier molecular flexibility index (Phi) is 4.37. The minimum Gasteiger partial charge on any atom is -0.314 e. The maximum absolute atomic E-state index is 8.61. The fourth-order valence-corrected chi connectivity index (χ4v) is 1.54. The van der Waals surface area contributed by atoms with Crippen LogP contribution in [0.25, 0.3) is 0 Å². The summed E-state index contributed by atoms with van der Waals surface area (Å²) in [5, 5.41) is 11.9. The van der Waals surface area contributed by atoms with Crippen molar-refractivity contribution in [2.75, 3.05) is 20.1 Å². The van der Waals surface area contributed by atoms with Crippen molar-refractivity contribution in [3.8, 4) is 6.07 Å². The summed E-state index contributed by atoms with van der Waals surface area (Å²) in [7, 11) is 2.19.